The van der Waals surface area contributed by atoms with Crippen LogP contribution in [0.4, 0.5) is 17.1 Å². The number of aliphatic carboxylic acids is 1. The van der Waals surface area contributed by atoms with Gasteiger partial charge < -0.3 is 10.0 Å². The fraction of sp³-hybridized carbons (Fsp3) is 0.0952. The second-order valence-corrected chi connectivity index (χ2v) is 12.8. The van der Waals surface area contributed by atoms with Gasteiger partial charge in [0, 0.05) is 26.8 Å². The first kappa shape index (κ1) is 30.0. The third-order valence-electron chi connectivity index (χ3n) is 8.71. The molecule has 4 aliphatic rings. The van der Waals surface area contributed by atoms with Crippen molar-refractivity contribution in [2.24, 2.45) is 0 Å². The Morgan fingerprint density at radius 1 is 0.660 bits per heavy atom. The van der Waals surface area contributed by atoms with Gasteiger partial charge in [-0.05, 0) is 119 Å². The number of nitriles is 1. The van der Waals surface area contributed by atoms with Gasteiger partial charge >= 0.3 is 5.97 Å². The van der Waals surface area contributed by atoms with E-state index in [1.54, 1.807) is 6.07 Å². The molecule has 4 bridgehead atoms. The fourth-order valence-corrected chi connectivity index (χ4v) is 7.30. The van der Waals surface area contributed by atoms with Gasteiger partial charge in [0.15, 0.2) is 0 Å². The van der Waals surface area contributed by atoms with E-state index >= 15 is 0 Å². The van der Waals surface area contributed by atoms with Crippen molar-refractivity contribution in [1.29, 1.82) is 5.26 Å². The zero-order valence-electron chi connectivity index (χ0n) is 25.8. The van der Waals surface area contributed by atoms with Gasteiger partial charge in [0.1, 0.15) is 11.6 Å². The smallest absolute Gasteiger partial charge is 0.346 e. The van der Waals surface area contributed by atoms with E-state index in [1.807, 2.05) is 24.3 Å². The van der Waals surface area contributed by atoms with E-state index in [0.29, 0.717) is 0 Å². The Morgan fingerprint density at radius 3 is 1.79 bits per heavy atom. The first-order valence-corrected chi connectivity index (χ1v) is 16.6. The Balaban J connectivity index is 1.18. The lowest BCUT2D eigenvalue weighted by Gasteiger charge is -2.25. The van der Waals surface area contributed by atoms with Crippen LogP contribution in [0, 0.1) is 11.3 Å². The molecule has 228 valence electrons. The maximum Gasteiger partial charge on any atom is 0.346 e. The predicted octanol–water partition coefficient (Wildman–Crippen LogP) is 10.4. The highest BCUT2D eigenvalue weighted by molar-refractivity contribution is 7.16. The molecule has 0 aliphatic heterocycles. The Labute approximate surface area is 279 Å². The third-order valence-corrected chi connectivity index (χ3v) is 9.78. The summed E-state index contributed by atoms with van der Waals surface area (Å²) in [7, 11) is 0. The summed E-state index contributed by atoms with van der Waals surface area (Å²) in [6.45, 7) is 0. The van der Waals surface area contributed by atoms with Gasteiger partial charge in [-0.25, -0.2) is 4.79 Å². The molecule has 1 N–H and O–H groups in total. The van der Waals surface area contributed by atoms with E-state index in [4.69, 9.17) is 0 Å². The number of thiophene rings is 1. The molecule has 6 aromatic rings. The number of carboxylic acids is 1. The summed E-state index contributed by atoms with van der Waals surface area (Å²) in [6, 6.07) is 49.3. The zero-order valence-corrected chi connectivity index (χ0v) is 26.6. The standard InChI is InChI=1S/C42H32N2O2S/c43-28-34(42(45)46)27-38-23-24-41(47-38)40-26-30-12-16-31-15-11-29(13-17-33(40)18-14-30)25-39(31)32-19-21-37(22-20-32)44(35-7-3-1-4-8-35)36-9-5-2-6-10-36/h1-11,14-15,18-27H,12-13,16-17H2,(H,45,46)/b34-27+. The number of carboxylic acid groups (broad SMARTS) is 1. The zero-order chi connectivity index (χ0) is 32.2. The molecular weight excluding hydrogens is 597 g/mol. The normalized spacial score (nSPS) is 12.6. The minimum absolute atomic E-state index is 0.257. The van der Waals surface area contributed by atoms with Crippen LogP contribution >= 0.6 is 11.3 Å². The minimum Gasteiger partial charge on any atom is -0.477 e. The molecule has 0 saturated heterocycles. The number of carbonyl (C=O) groups is 1. The summed E-state index contributed by atoms with van der Waals surface area (Å²) in [6.07, 6.45) is 5.07. The van der Waals surface area contributed by atoms with Gasteiger partial charge in [-0.1, -0.05) is 84.9 Å². The molecule has 0 saturated carbocycles. The third kappa shape index (κ3) is 6.51. The summed E-state index contributed by atoms with van der Waals surface area (Å²) < 4.78 is 0. The van der Waals surface area contributed by atoms with Crippen molar-refractivity contribution < 1.29 is 9.90 Å². The van der Waals surface area contributed by atoms with E-state index in [9.17, 15) is 15.2 Å². The van der Waals surface area contributed by atoms with Crippen molar-refractivity contribution in [3.63, 3.8) is 0 Å². The SMILES string of the molecule is N#C/C(=C\c1ccc(-c2cc3ccc2CCc2ccc(c(-c4ccc(N(c5ccccc5)c5ccccc5)cc4)c2)CC3)s1)C(=O)O. The molecule has 4 aliphatic carbocycles. The number of hydrogen-bond acceptors (Lipinski definition) is 4. The largest absolute Gasteiger partial charge is 0.477 e. The average Bonchev–Trinajstić information content (AvgIpc) is 3.58. The molecule has 5 aromatic carbocycles. The number of anilines is 3. The van der Waals surface area contributed by atoms with Crippen LogP contribution in [-0.2, 0) is 30.5 Å². The Kier molecular flexibility index (Phi) is 8.51. The van der Waals surface area contributed by atoms with Gasteiger partial charge in [0.25, 0.3) is 0 Å². The van der Waals surface area contributed by atoms with Gasteiger partial charge in [0.05, 0.1) is 0 Å². The fourth-order valence-electron chi connectivity index (χ4n) is 6.30. The van der Waals surface area contributed by atoms with Gasteiger partial charge in [-0.3, -0.25) is 0 Å². The van der Waals surface area contributed by atoms with Crippen molar-refractivity contribution in [2.75, 3.05) is 4.90 Å². The van der Waals surface area contributed by atoms with Crippen LogP contribution in [0.1, 0.15) is 27.1 Å². The van der Waals surface area contributed by atoms with Gasteiger partial charge in [0.2, 0.25) is 0 Å². The monoisotopic (exact) mass is 628 g/mol. The van der Waals surface area contributed by atoms with Crippen LogP contribution in [0.2, 0.25) is 0 Å². The number of para-hydroxylation sites is 2. The summed E-state index contributed by atoms with van der Waals surface area (Å²) >= 11 is 1.52. The number of aryl methyl sites for hydroxylation is 4. The molecule has 0 amide bonds. The Bertz CT molecular complexity index is 2080. The van der Waals surface area contributed by atoms with Crippen molar-refractivity contribution in [2.45, 2.75) is 25.7 Å². The second kappa shape index (κ2) is 13.3. The molecule has 0 unspecified atom stereocenters. The Hall–Kier alpha value is -5.70. The molecule has 5 heteroatoms. The van der Waals surface area contributed by atoms with Crippen LogP contribution < -0.4 is 4.90 Å². The van der Waals surface area contributed by atoms with Gasteiger partial charge in [-0.2, -0.15) is 5.26 Å². The average molecular weight is 629 g/mol. The van der Waals surface area contributed by atoms with Crippen LogP contribution in [0.15, 0.2) is 139 Å². The maximum absolute atomic E-state index is 11.4. The van der Waals surface area contributed by atoms with E-state index in [2.05, 4.69) is 114 Å². The molecule has 4 nitrogen and oxygen atoms in total. The molecule has 10 rings (SSSR count). The van der Waals surface area contributed by atoms with E-state index in [1.165, 1.54) is 56.4 Å². The van der Waals surface area contributed by atoms with Crippen LogP contribution in [-0.4, -0.2) is 11.1 Å². The van der Waals surface area contributed by atoms with Crippen LogP contribution in [0.25, 0.3) is 27.6 Å². The molecular formula is C42H32N2O2S. The van der Waals surface area contributed by atoms with Crippen molar-refractivity contribution >= 4 is 40.4 Å². The predicted molar refractivity (Wildman–Crippen MR) is 192 cm³/mol. The molecule has 0 fully saturated rings. The van der Waals surface area contributed by atoms with E-state index < -0.39 is 5.97 Å². The number of nitrogens with zero attached hydrogens (tertiary/aromatic N) is 2. The molecule has 0 radical (unpaired) electrons. The molecule has 47 heavy (non-hydrogen) atoms. The first-order chi connectivity index (χ1) is 23.1. The molecule has 1 heterocycles. The van der Waals surface area contributed by atoms with E-state index in [0.717, 1.165) is 52.5 Å². The molecule has 0 atom stereocenters. The summed E-state index contributed by atoms with van der Waals surface area (Å²) in [5, 5.41) is 18.5. The highest BCUT2D eigenvalue weighted by atomic mass is 32.1. The number of benzene rings is 5. The van der Waals surface area contributed by atoms with Crippen molar-refractivity contribution in [3.8, 4) is 27.6 Å². The van der Waals surface area contributed by atoms with Crippen molar-refractivity contribution in [1.82, 2.24) is 0 Å². The minimum atomic E-state index is -1.21. The second-order valence-electron chi connectivity index (χ2n) is 11.7. The summed E-state index contributed by atoms with van der Waals surface area (Å²) in [5.41, 5.74) is 12.0. The molecule has 0 spiro atoms. The summed E-state index contributed by atoms with van der Waals surface area (Å²) in [5.74, 6) is -1.21. The van der Waals surface area contributed by atoms with Crippen LogP contribution in [0.3, 0.4) is 0 Å². The van der Waals surface area contributed by atoms with Gasteiger partial charge in [-0.15, -0.1) is 11.3 Å². The van der Waals surface area contributed by atoms with E-state index in [-0.39, 0.29) is 5.57 Å². The lowest BCUT2D eigenvalue weighted by Crippen LogP contribution is -2.09. The first-order valence-electron chi connectivity index (χ1n) is 15.8. The Morgan fingerprint density at radius 2 is 1.21 bits per heavy atom. The lowest BCUT2D eigenvalue weighted by molar-refractivity contribution is -0.132. The topological polar surface area (TPSA) is 64.3 Å². The summed E-state index contributed by atoms with van der Waals surface area (Å²) in [4.78, 5) is 15.5. The number of hydrogen-bond donors (Lipinski definition) is 1. The van der Waals surface area contributed by atoms with Crippen LogP contribution in [0.5, 0.6) is 0 Å². The lowest BCUT2D eigenvalue weighted by atomic mass is 9.89. The van der Waals surface area contributed by atoms with Crippen molar-refractivity contribution in [3.05, 3.63) is 166 Å². The number of rotatable bonds is 7. The highest BCUT2D eigenvalue weighted by Crippen LogP contribution is 2.38. The highest BCUT2D eigenvalue weighted by Gasteiger charge is 2.16. The molecule has 1 aromatic heterocycles. The quantitative estimate of drug-likeness (QED) is 0.141. The maximum atomic E-state index is 11.4.